The smallest absolute Gasteiger partial charge is 0.297 e. The number of aromatic nitrogens is 3. The maximum Gasteiger partial charge on any atom is 0.297 e. The Morgan fingerprint density at radius 1 is 1.28 bits per heavy atom. The van der Waals surface area contributed by atoms with Crippen molar-refractivity contribution in [1.29, 1.82) is 0 Å². The molecule has 4 aromatic rings. The van der Waals surface area contributed by atoms with Gasteiger partial charge in [-0.25, -0.2) is 4.98 Å². The number of methoxy groups -OCH3 is 1. The van der Waals surface area contributed by atoms with Crippen LogP contribution in [0.1, 0.15) is 34.7 Å². The van der Waals surface area contributed by atoms with Crippen molar-refractivity contribution in [2.24, 2.45) is 0 Å². The first-order chi connectivity index (χ1) is 13.9. The molecule has 0 N–H and O–H groups in total. The molecule has 0 bridgehead atoms. The number of nitrogens with zero attached hydrogens (tertiary/aromatic N) is 3. The summed E-state index contributed by atoms with van der Waals surface area (Å²) < 4.78 is 14.3. The number of ether oxygens (including phenoxy) is 1. The molecule has 0 aliphatic heterocycles. The highest BCUT2D eigenvalue weighted by Crippen LogP contribution is 2.24. The molecule has 0 fully saturated rings. The van der Waals surface area contributed by atoms with Crippen LogP contribution in [-0.2, 0) is 11.3 Å². The van der Waals surface area contributed by atoms with Crippen molar-refractivity contribution < 1.29 is 13.9 Å². The Morgan fingerprint density at radius 3 is 2.79 bits per heavy atom. The van der Waals surface area contributed by atoms with E-state index < -0.39 is 0 Å². The Kier molecular flexibility index (Phi) is 4.84. The number of furan rings is 1. The number of hydrogen-bond acceptors (Lipinski definition) is 5. The van der Waals surface area contributed by atoms with Crippen LogP contribution < -0.4 is 5.56 Å². The summed E-state index contributed by atoms with van der Waals surface area (Å²) in [4.78, 5) is 30.2. The van der Waals surface area contributed by atoms with Crippen molar-refractivity contribution in [3.8, 4) is 0 Å². The average Bonchev–Trinajstić information content (AvgIpc) is 3.22. The van der Waals surface area contributed by atoms with Crippen molar-refractivity contribution >= 4 is 27.9 Å². The number of ketones is 1. The summed E-state index contributed by atoms with van der Waals surface area (Å²) in [6.45, 7) is 6.37. The van der Waals surface area contributed by atoms with Crippen LogP contribution in [0.25, 0.3) is 22.1 Å². The first-order valence-corrected chi connectivity index (χ1v) is 9.49. The predicted molar refractivity (Wildman–Crippen MR) is 111 cm³/mol. The predicted octanol–water partition coefficient (Wildman–Crippen LogP) is 3.65. The summed E-state index contributed by atoms with van der Waals surface area (Å²) in [5.41, 5.74) is 3.37. The lowest BCUT2D eigenvalue weighted by Gasteiger charge is -2.17. The lowest BCUT2D eigenvalue weighted by atomic mass is 10.1. The Bertz CT molecular complexity index is 1280. The van der Waals surface area contributed by atoms with Crippen molar-refractivity contribution in [1.82, 2.24) is 14.1 Å². The van der Waals surface area contributed by atoms with Crippen LogP contribution in [-0.4, -0.2) is 33.6 Å². The maximum absolute atomic E-state index is 13.0. The summed E-state index contributed by atoms with van der Waals surface area (Å²) in [6, 6.07) is 9.34. The topological polar surface area (TPSA) is 79.3 Å². The van der Waals surface area contributed by atoms with Crippen LogP contribution in [0.2, 0.25) is 0 Å². The van der Waals surface area contributed by atoms with E-state index in [1.54, 1.807) is 13.2 Å². The monoisotopic (exact) mass is 393 g/mol. The molecule has 1 aromatic carbocycles. The molecule has 0 saturated carbocycles. The van der Waals surface area contributed by atoms with Gasteiger partial charge in [-0.3, -0.25) is 14.2 Å². The zero-order chi connectivity index (χ0) is 20.7. The van der Waals surface area contributed by atoms with Crippen LogP contribution >= 0.6 is 0 Å². The molecule has 0 aliphatic rings. The quantitative estimate of drug-likeness (QED) is 0.467. The number of fused-ring (bicyclic) bond motifs is 3. The first-order valence-electron chi connectivity index (χ1n) is 9.49. The minimum atomic E-state index is -0.360. The van der Waals surface area contributed by atoms with Gasteiger partial charge in [0.05, 0.1) is 25.5 Å². The van der Waals surface area contributed by atoms with Gasteiger partial charge in [0.1, 0.15) is 11.1 Å². The molecule has 4 rings (SSSR count). The molecule has 3 aromatic heterocycles. The second kappa shape index (κ2) is 7.33. The number of hydrogen-bond donors (Lipinski definition) is 0. The zero-order valence-electron chi connectivity index (χ0n) is 16.9. The summed E-state index contributed by atoms with van der Waals surface area (Å²) in [6.07, 6.45) is 1.41. The third kappa shape index (κ3) is 3.17. The van der Waals surface area contributed by atoms with Crippen molar-refractivity contribution in [2.75, 3.05) is 13.7 Å². The van der Waals surface area contributed by atoms with Crippen molar-refractivity contribution in [2.45, 2.75) is 33.4 Å². The van der Waals surface area contributed by atoms with E-state index in [1.165, 1.54) is 10.9 Å². The fraction of sp³-hybridized carbons (Fsp3) is 0.318. The minimum Gasteiger partial charge on any atom is -0.448 e. The molecule has 150 valence electrons. The molecule has 0 spiro atoms. The fourth-order valence-electron chi connectivity index (χ4n) is 4.02. The van der Waals surface area contributed by atoms with Crippen LogP contribution in [0, 0.1) is 13.8 Å². The zero-order valence-corrected chi connectivity index (χ0v) is 16.9. The number of para-hydroxylation sites is 1. The molecule has 0 amide bonds. The summed E-state index contributed by atoms with van der Waals surface area (Å²) in [5.74, 6) is -0.145. The molecular weight excluding hydrogens is 370 g/mol. The summed E-state index contributed by atoms with van der Waals surface area (Å²) >= 11 is 0. The Morgan fingerprint density at radius 2 is 2.03 bits per heavy atom. The normalized spacial score (nSPS) is 12.7. The largest absolute Gasteiger partial charge is 0.448 e. The first kappa shape index (κ1) is 19.1. The summed E-state index contributed by atoms with van der Waals surface area (Å²) in [5, 5.41) is 0.786. The van der Waals surface area contributed by atoms with E-state index in [0.29, 0.717) is 23.3 Å². The van der Waals surface area contributed by atoms with Gasteiger partial charge in [0, 0.05) is 29.4 Å². The maximum atomic E-state index is 13.0. The van der Waals surface area contributed by atoms with Gasteiger partial charge in [-0.15, -0.1) is 0 Å². The molecule has 3 heterocycles. The third-order valence-corrected chi connectivity index (χ3v) is 5.30. The van der Waals surface area contributed by atoms with Crippen LogP contribution in [0.5, 0.6) is 0 Å². The highest BCUT2D eigenvalue weighted by molar-refractivity contribution is 6.02. The van der Waals surface area contributed by atoms with E-state index in [2.05, 4.69) is 9.55 Å². The molecule has 0 radical (unpaired) electrons. The van der Waals surface area contributed by atoms with Gasteiger partial charge in [-0.1, -0.05) is 12.1 Å². The molecule has 7 heteroatoms. The van der Waals surface area contributed by atoms with E-state index in [1.807, 2.05) is 45.0 Å². The molecule has 29 heavy (non-hydrogen) atoms. The van der Waals surface area contributed by atoms with Gasteiger partial charge in [-0.05, 0) is 39.0 Å². The standard InChI is InChI=1S/C22H23N3O4/c1-13-9-17(15(3)25(13)14(2)11-28-4)18(26)10-24-12-23-20-16-7-5-6-8-19(16)29-21(20)22(24)27/h5-9,12,14H,10-11H2,1-4H3/t14-/m0/s1. The van der Waals surface area contributed by atoms with Gasteiger partial charge in [0.2, 0.25) is 5.58 Å². The van der Waals surface area contributed by atoms with E-state index in [4.69, 9.17) is 9.15 Å². The van der Waals surface area contributed by atoms with Gasteiger partial charge in [0.15, 0.2) is 5.78 Å². The highest BCUT2D eigenvalue weighted by Gasteiger charge is 2.20. The molecule has 0 saturated heterocycles. The van der Waals surface area contributed by atoms with Crippen LogP contribution in [0.15, 0.2) is 45.9 Å². The van der Waals surface area contributed by atoms with E-state index >= 15 is 0 Å². The van der Waals surface area contributed by atoms with E-state index in [0.717, 1.165) is 16.8 Å². The van der Waals surface area contributed by atoms with Crippen molar-refractivity contribution in [3.63, 3.8) is 0 Å². The lowest BCUT2D eigenvalue weighted by molar-refractivity contribution is 0.0969. The van der Waals surface area contributed by atoms with Gasteiger partial charge in [-0.2, -0.15) is 0 Å². The van der Waals surface area contributed by atoms with Gasteiger partial charge >= 0.3 is 0 Å². The van der Waals surface area contributed by atoms with Crippen molar-refractivity contribution in [3.05, 3.63) is 64.0 Å². The number of carbonyl (C=O) groups excluding carboxylic acids is 1. The number of rotatable bonds is 6. The van der Waals surface area contributed by atoms with E-state index in [-0.39, 0.29) is 29.5 Å². The van der Waals surface area contributed by atoms with Crippen LogP contribution in [0.3, 0.4) is 0 Å². The molecular formula is C22H23N3O4. The SMILES string of the molecule is COC[C@H](C)n1c(C)cc(C(=O)Cn2cnc3c(oc4ccccc43)c2=O)c1C. The average molecular weight is 393 g/mol. The summed E-state index contributed by atoms with van der Waals surface area (Å²) in [7, 11) is 1.66. The second-order valence-electron chi connectivity index (χ2n) is 7.34. The number of benzene rings is 1. The fourth-order valence-corrected chi connectivity index (χ4v) is 4.02. The molecule has 7 nitrogen and oxygen atoms in total. The van der Waals surface area contributed by atoms with Crippen LogP contribution in [0.4, 0.5) is 0 Å². The Labute approximate surface area is 167 Å². The van der Waals surface area contributed by atoms with E-state index in [9.17, 15) is 9.59 Å². The lowest BCUT2D eigenvalue weighted by Crippen LogP contribution is -2.24. The third-order valence-electron chi connectivity index (χ3n) is 5.30. The number of Topliss-reactive ketones (excluding diaryl/α,β-unsaturated/α-hetero) is 1. The Balaban J connectivity index is 1.69. The second-order valence-corrected chi connectivity index (χ2v) is 7.34. The molecule has 0 aliphatic carbocycles. The number of carbonyl (C=O) groups is 1. The van der Waals surface area contributed by atoms with Gasteiger partial charge in [0.25, 0.3) is 5.56 Å². The van der Waals surface area contributed by atoms with Gasteiger partial charge < -0.3 is 13.7 Å². The molecule has 1 atom stereocenters. The number of aryl methyl sites for hydroxylation is 1. The Hall–Kier alpha value is -3.19. The highest BCUT2D eigenvalue weighted by atomic mass is 16.5. The molecule has 0 unspecified atom stereocenters. The minimum absolute atomic E-state index is 0.0955.